The molecule has 0 N–H and O–H groups in total. The molecule has 0 aliphatic rings. The van der Waals surface area contributed by atoms with Crippen molar-refractivity contribution in [2.75, 3.05) is 0 Å². The van der Waals surface area contributed by atoms with Crippen LogP contribution in [0.5, 0.6) is 0 Å². The molecule has 1 radical (unpaired) electrons. The minimum absolute atomic E-state index is 0. The van der Waals surface area contributed by atoms with Crippen LogP contribution >= 0.6 is 23.5 Å². The first-order valence-corrected chi connectivity index (χ1v) is 6.01. The molecule has 2 rings (SSSR count). The number of alkyl halides is 1. The summed E-state index contributed by atoms with van der Waals surface area (Å²) in [6.07, 6.45) is 0. The van der Waals surface area contributed by atoms with Crippen LogP contribution in [0, 0.1) is 0 Å². The zero-order valence-electron chi connectivity index (χ0n) is 9.65. The predicted octanol–water partition coefficient (Wildman–Crippen LogP) is 3.86. The number of hydrogen-bond acceptors (Lipinski definition) is 2. The maximum absolute atomic E-state index is 11.9. The molecule has 0 saturated heterocycles. The van der Waals surface area contributed by atoms with Gasteiger partial charge < -0.3 is 4.29 Å². The van der Waals surface area contributed by atoms with Crippen molar-refractivity contribution in [2.45, 2.75) is 4.87 Å². The van der Waals surface area contributed by atoms with E-state index in [0.29, 0.717) is 11.1 Å². The van der Waals surface area contributed by atoms with Gasteiger partial charge in [-0.3, -0.25) is 0 Å². The normalized spacial score (nSPS) is 10.4. The third kappa shape index (κ3) is 3.13. The van der Waals surface area contributed by atoms with Gasteiger partial charge in [0.2, 0.25) is 0 Å². The number of rotatable bonds is 3. The van der Waals surface area contributed by atoms with Crippen molar-refractivity contribution in [1.29, 1.82) is 0 Å². The molecule has 2 aromatic rings. The summed E-state index contributed by atoms with van der Waals surface area (Å²) in [5.74, 6) is -0.719. The average Bonchev–Trinajstić information content (AvgIpc) is 2.47. The fourth-order valence-corrected chi connectivity index (χ4v) is 2.24. The van der Waals surface area contributed by atoms with Crippen molar-refractivity contribution in [3.8, 4) is 0 Å². The van der Waals surface area contributed by atoms with Crippen molar-refractivity contribution >= 4 is 29.4 Å². The van der Waals surface area contributed by atoms with E-state index in [1.165, 1.54) is 0 Å². The van der Waals surface area contributed by atoms with E-state index in [1.54, 1.807) is 48.5 Å². The van der Waals surface area contributed by atoms with Crippen LogP contribution in [0.3, 0.4) is 0 Å². The number of hydrogen-bond donors (Lipinski definition) is 0. The summed E-state index contributed by atoms with van der Waals surface area (Å²) in [4.78, 5) is 10.5. The van der Waals surface area contributed by atoms with Crippen LogP contribution in [0.15, 0.2) is 60.7 Å². The molecule has 0 bridgehead atoms. The van der Waals surface area contributed by atoms with Crippen LogP contribution in [0.25, 0.3) is 0 Å². The Labute approximate surface area is 132 Å². The molecule has 0 spiro atoms. The van der Waals surface area contributed by atoms with Gasteiger partial charge in [-0.05, 0) is 11.1 Å². The SMILES string of the molecule is O=C(OCl)C(Cl)(c1ccccc1)c1ccccc1.[Cu]. The number of benzene rings is 2. The third-order valence-electron chi connectivity index (χ3n) is 2.69. The van der Waals surface area contributed by atoms with Crippen LogP contribution in [0.2, 0.25) is 0 Å². The second-order valence-corrected chi connectivity index (χ2v) is 4.48. The fraction of sp³-hybridized carbons (Fsp3) is 0.0714. The van der Waals surface area contributed by atoms with Crippen LogP contribution in [-0.4, -0.2) is 5.97 Å². The summed E-state index contributed by atoms with van der Waals surface area (Å²) in [6.45, 7) is 0. The monoisotopic (exact) mass is 343 g/mol. The van der Waals surface area contributed by atoms with E-state index in [9.17, 15) is 4.79 Å². The zero-order valence-corrected chi connectivity index (χ0v) is 12.1. The van der Waals surface area contributed by atoms with Crippen molar-refractivity contribution in [3.63, 3.8) is 0 Å². The van der Waals surface area contributed by atoms with Crippen molar-refractivity contribution in [1.82, 2.24) is 0 Å². The van der Waals surface area contributed by atoms with Gasteiger partial charge in [0, 0.05) is 17.1 Å². The molecule has 5 heteroatoms. The van der Waals surface area contributed by atoms with E-state index in [-0.39, 0.29) is 17.1 Å². The topological polar surface area (TPSA) is 26.3 Å². The first-order chi connectivity index (χ1) is 8.69. The maximum atomic E-state index is 11.9. The molecule has 0 aliphatic heterocycles. The van der Waals surface area contributed by atoms with Gasteiger partial charge in [0.25, 0.3) is 0 Å². The summed E-state index contributed by atoms with van der Waals surface area (Å²) in [6, 6.07) is 17.9. The molecule has 0 aliphatic carbocycles. The molecule has 0 fully saturated rings. The van der Waals surface area contributed by atoms with E-state index >= 15 is 0 Å². The van der Waals surface area contributed by atoms with Crippen LogP contribution in [0.1, 0.15) is 11.1 Å². The van der Waals surface area contributed by atoms with Gasteiger partial charge in [-0.25, -0.2) is 4.79 Å². The fourth-order valence-electron chi connectivity index (χ4n) is 1.79. The van der Waals surface area contributed by atoms with E-state index in [1.807, 2.05) is 12.1 Å². The maximum Gasteiger partial charge on any atom is 0.354 e. The van der Waals surface area contributed by atoms with Crippen LogP contribution in [-0.2, 0) is 31.0 Å². The van der Waals surface area contributed by atoms with Gasteiger partial charge in [0.15, 0.2) is 4.87 Å². The summed E-state index contributed by atoms with van der Waals surface area (Å²) >= 11 is 11.7. The summed E-state index contributed by atoms with van der Waals surface area (Å²) < 4.78 is 4.33. The minimum Gasteiger partial charge on any atom is -0.345 e. The quantitative estimate of drug-likeness (QED) is 0.624. The molecule has 0 atom stereocenters. The molecule has 0 unspecified atom stereocenters. The van der Waals surface area contributed by atoms with Gasteiger partial charge in [-0.15, -0.1) is 0 Å². The molecule has 0 heterocycles. The Hall–Kier alpha value is -0.991. The first kappa shape index (κ1) is 16.1. The Kier molecular flexibility index (Phi) is 5.89. The number of carbonyl (C=O) groups excluding carboxylic acids is 1. The molecule has 19 heavy (non-hydrogen) atoms. The van der Waals surface area contributed by atoms with Gasteiger partial charge in [0.1, 0.15) is 11.9 Å². The Morgan fingerprint density at radius 1 is 0.895 bits per heavy atom. The van der Waals surface area contributed by atoms with Crippen LogP contribution in [0.4, 0.5) is 0 Å². The Bertz CT molecular complexity index is 492. The number of carbonyl (C=O) groups is 1. The Morgan fingerprint density at radius 3 is 1.58 bits per heavy atom. The number of halogens is 2. The molecule has 0 amide bonds. The van der Waals surface area contributed by atoms with E-state index in [2.05, 4.69) is 4.29 Å². The second-order valence-electron chi connectivity index (χ2n) is 3.76. The first-order valence-electron chi connectivity index (χ1n) is 5.32. The van der Waals surface area contributed by atoms with E-state index in [0.717, 1.165) is 0 Å². The summed E-state index contributed by atoms with van der Waals surface area (Å²) in [5.41, 5.74) is 1.23. The van der Waals surface area contributed by atoms with Gasteiger partial charge >= 0.3 is 5.97 Å². The van der Waals surface area contributed by atoms with Crippen molar-refractivity contribution in [2.24, 2.45) is 0 Å². The molecule has 103 valence electrons. The summed E-state index contributed by atoms with van der Waals surface area (Å²) in [7, 11) is 0. The van der Waals surface area contributed by atoms with Crippen molar-refractivity contribution in [3.05, 3.63) is 71.8 Å². The second kappa shape index (κ2) is 6.97. The van der Waals surface area contributed by atoms with Crippen LogP contribution < -0.4 is 0 Å². The van der Waals surface area contributed by atoms with E-state index in [4.69, 9.17) is 23.5 Å². The van der Waals surface area contributed by atoms with Gasteiger partial charge in [-0.2, -0.15) is 0 Å². The molecule has 0 saturated carbocycles. The minimum atomic E-state index is -1.43. The molecular formula is C14H10Cl2CuO2. The predicted molar refractivity (Wildman–Crippen MR) is 71.5 cm³/mol. The smallest absolute Gasteiger partial charge is 0.345 e. The van der Waals surface area contributed by atoms with Crippen molar-refractivity contribution < 1.29 is 26.2 Å². The molecule has 2 nitrogen and oxygen atoms in total. The summed E-state index contributed by atoms with van der Waals surface area (Å²) in [5, 5.41) is 0. The molecule has 0 aromatic heterocycles. The third-order valence-corrected chi connectivity index (χ3v) is 3.43. The van der Waals surface area contributed by atoms with Gasteiger partial charge in [0.05, 0.1) is 0 Å². The average molecular weight is 345 g/mol. The largest absolute Gasteiger partial charge is 0.354 e. The molecular weight excluding hydrogens is 335 g/mol. The van der Waals surface area contributed by atoms with Gasteiger partial charge in [-0.1, -0.05) is 72.3 Å². The Morgan fingerprint density at radius 2 is 1.26 bits per heavy atom. The van der Waals surface area contributed by atoms with E-state index < -0.39 is 10.8 Å². The molecule has 2 aromatic carbocycles. The Balaban J connectivity index is 0.00000180. The standard InChI is InChI=1S/C14H10Cl2O2.Cu/c15-14(13(17)18-16,11-7-3-1-4-8-11)12-9-5-2-6-10-12;/h1-10H;. The zero-order chi connectivity index (χ0) is 13.0.